The molecule has 1 saturated heterocycles. The molecule has 1 heterocycles. The lowest BCUT2D eigenvalue weighted by atomic mass is 9.99. The Labute approximate surface area is 105 Å². The molecular formula is C13H15NO4. The van der Waals surface area contributed by atoms with E-state index >= 15 is 0 Å². The van der Waals surface area contributed by atoms with Crippen molar-refractivity contribution in [3.8, 4) is 0 Å². The van der Waals surface area contributed by atoms with E-state index in [1.165, 1.54) is 13.2 Å². The van der Waals surface area contributed by atoms with E-state index in [2.05, 4.69) is 10.1 Å². The smallest absolute Gasteiger partial charge is 0.337 e. The molecule has 2 N–H and O–H groups in total. The third kappa shape index (κ3) is 2.51. The van der Waals surface area contributed by atoms with E-state index < -0.39 is 11.9 Å². The zero-order chi connectivity index (χ0) is 13.1. The Bertz CT molecular complexity index is 478. The minimum Gasteiger partial charge on any atom is -0.478 e. The molecule has 0 bridgehead atoms. The van der Waals surface area contributed by atoms with Gasteiger partial charge in [0.05, 0.1) is 18.2 Å². The molecule has 0 spiro atoms. The van der Waals surface area contributed by atoms with Gasteiger partial charge in [-0.15, -0.1) is 0 Å². The van der Waals surface area contributed by atoms with Gasteiger partial charge in [-0.1, -0.05) is 0 Å². The summed E-state index contributed by atoms with van der Waals surface area (Å²) >= 11 is 0. The van der Waals surface area contributed by atoms with Crippen LogP contribution in [0.1, 0.15) is 45.2 Å². The Hall–Kier alpha value is -1.88. The van der Waals surface area contributed by atoms with Crippen LogP contribution in [0.3, 0.4) is 0 Å². The van der Waals surface area contributed by atoms with Crippen molar-refractivity contribution in [2.45, 2.75) is 18.9 Å². The minimum absolute atomic E-state index is 0.113. The fourth-order valence-electron chi connectivity index (χ4n) is 2.18. The van der Waals surface area contributed by atoms with Gasteiger partial charge in [-0.2, -0.15) is 0 Å². The number of aromatic carboxylic acids is 1. The van der Waals surface area contributed by atoms with Gasteiger partial charge in [0, 0.05) is 6.04 Å². The Morgan fingerprint density at radius 2 is 2.06 bits per heavy atom. The standard InChI is InChI=1S/C13H15NO4/c1-18-13(17)10-6-8(11-3-2-4-14-11)5-9(7-10)12(15)16/h5-7,11,14H,2-4H2,1H3,(H,15,16)/t11-/m0/s1. The molecule has 0 unspecified atom stereocenters. The maximum absolute atomic E-state index is 11.5. The van der Waals surface area contributed by atoms with Crippen LogP contribution in [0.4, 0.5) is 0 Å². The van der Waals surface area contributed by atoms with E-state index in [0.29, 0.717) is 0 Å². The molecule has 1 atom stereocenters. The summed E-state index contributed by atoms with van der Waals surface area (Å²) in [6.07, 6.45) is 2.00. The van der Waals surface area contributed by atoms with Crippen LogP contribution >= 0.6 is 0 Å². The highest BCUT2D eigenvalue weighted by Crippen LogP contribution is 2.25. The monoisotopic (exact) mass is 249 g/mol. The first-order valence-electron chi connectivity index (χ1n) is 5.82. The second kappa shape index (κ2) is 5.18. The van der Waals surface area contributed by atoms with Gasteiger partial charge >= 0.3 is 11.9 Å². The van der Waals surface area contributed by atoms with E-state index in [9.17, 15) is 9.59 Å². The number of carbonyl (C=O) groups excluding carboxylic acids is 1. The third-order valence-electron chi connectivity index (χ3n) is 3.09. The van der Waals surface area contributed by atoms with Crippen molar-refractivity contribution in [3.05, 3.63) is 34.9 Å². The second-order valence-corrected chi connectivity index (χ2v) is 4.29. The van der Waals surface area contributed by atoms with E-state index in [1.54, 1.807) is 12.1 Å². The average Bonchev–Trinajstić information content (AvgIpc) is 2.91. The zero-order valence-corrected chi connectivity index (χ0v) is 10.1. The molecule has 0 saturated carbocycles. The molecule has 1 aliphatic heterocycles. The first-order valence-corrected chi connectivity index (χ1v) is 5.82. The summed E-state index contributed by atoms with van der Waals surface area (Å²) in [6, 6.07) is 4.76. The Morgan fingerprint density at radius 1 is 1.33 bits per heavy atom. The predicted molar refractivity (Wildman–Crippen MR) is 64.7 cm³/mol. The Balaban J connectivity index is 2.42. The molecule has 2 rings (SSSR count). The number of carboxylic acids is 1. The number of benzene rings is 1. The fraction of sp³-hybridized carbons (Fsp3) is 0.385. The first kappa shape index (κ1) is 12.6. The van der Waals surface area contributed by atoms with Gasteiger partial charge in [0.25, 0.3) is 0 Å². The zero-order valence-electron chi connectivity index (χ0n) is 10.1. The third-order valence-corrected chi connectivity index (χ3v) is 3.09. The van der Waals surface area contributed by atoms with Crippen LogP contribution in [0.5, 0.6) is 0 Å². The number of ether oxygens (including phenoxy) is 1. The molecule has 1 aromatic carbocycles. The number of carbonyl (C=O) groups is 2. The summed E-state index contributed by atoms with van der Waals surface area (Å²) in [6.45, 7) is 0.912. The number of hydrogen-bond donors (Lipinski definition) is 2. The van der Waals surface area contributed by atoms with E-state index in [-0.39, 0.29) is 17.2 Å². The van der Waals surface area contributed by atoms with Gasteiger partial charge in [-0.3, -0.25) is 0 Å². The van der Waals surface area contributed by atoms with Crippen LogP contribution in [0.15, 0.2) is 18.2 Å². The van der Waals surface area contributed by atoms with Crippen molar-refractivity contribution in [2.24, 2.45) is 0 Å². The van der Waals surface area contributed by atoms with Crippen LogP contribution < -0.4 is 5.32 Å². The van der Waals surface area contributed by atoms with Crippen molar-refractivity contribution in [1.82, 2.24) is 5.32 Å². The maximum atomic E-state index is 11.5. The normalized spacial score (nSPS) is 18.6. The number of carboxylic acid groups (broad SMARTS) is 1. The average molecular weight is 249 g/mol. The molecule has 96 valence electrons. The summed E-state index contributed by atoms with van der Waals surface area (Å²) in [4.78, 5) is 22.6. The molecule has 0 aliphatic carbocycles. The lowest BCUT2D eigenvalue weighted by molar-refractivity contribution is 0.0600. The predicted octanol–water partition coefficient (Wildman–Crippen LogP) is 1.60. The van der Waals surface area contributed by atoms with Crippen LogP contribution in [0, 0.1) is 0 Å². The van der Waals surface area contributed by atoms with Crippen molar-refractivity contribution < 1.29 is 19.4 Å². The second-order valence-electron chi connectivity index (χ2n) is 4.29. The topological polar surface area (TPSA) is 75.6 Å². The molecule has 0 amide bonds. The number of hydrogen-bond acceptors (Lipinski definition) is 4. The van der Waals surface area contributed by atoms with Gasteiger partial charge in [-0.25, -0.2) is 9.59 Å². The van der Waals surface area contributed by atoms with Crippen molar-refractivity contribution in [3.63, 3.8) is 0 Å². The Kier molecular flexibility index (Phi) is 3.62. The quantitative estimate of drug-likeness (QED) is 0.796. The fourth-order valence-corrected chi connectivity index (χ4v) is 2.18. The largest absolute Gasteiger partial charge is 0.478 e. The van der Waals surface area contributed by atoms with Crippen molar-refractivity contribution in [1.29, 1.82) is 0 Å². The lowest BCUT2D eigenvalue weighted by Crippen LogP contribution is -2.15. The first-order chi connectivity index (χ1) is 8.61. The lowest BCUT2D eigenvalue weighted by Gasteiger charge is -2.13. The Morgan fingerprint density at radius 3 is 2.61 bits per heavy atom. The van der Waals surface area contributed by atoms with E-state index in [4.69, 9.17) is 5.11 Å². The minimum atomic E-state index is -1.04. The molecule has 1 aromatic rings. The molecule has 5 nitrogen and oxygen atoms in total. The van der Waals surface area contributed by atoms with Crippen LogP contribution in [-0.4, -0.2) is 30.7 Å². The molecule has 18 heavy (non-hydrogen) atoms. The van der Waals surface area contributed by atoms with Crippen molar-refractivity contribution in [2.75, 3.05) is 13.7 Å². The van der Waals surface area contributed by atoms with Gasteiger partial charge < -0.3 is 15.2 Å². The van der Waals surface area contributed by atoms with Crippen LogP contribution in [-0.2, 0) is 4.74 Å². The van der Waals surface area contributed by atoms with E-state index in [0.717, 1.165) is 24.9 Å². The van der Waals surface area contributed by atoms with Gasteiger partial charge in [0.2, 0.25) is 0 Å². The van der Waals surface area contributed by atoms with Crippen LogP contribution in [0.25, 0.3) is 0 Å². The number of rotatable bonds is 3. The van der Waals surface area contributed by atoms with Gasteiger partial charge in [0.15, 0.2) is 0 Å². The van der Waals surface area contributed by atoms with Gasteiger partial charge in [-0.05, 0) is 43.1 Å². The molecule has 1 fully saturated rings. The molecular weight excluding hydrogens is 234 g/mol. The molecule has 0 radical (unpaired) electrons. The summed E-state index contributed by atoms with van der Waals surface area (Å²) in [5.74, 6) is -1.56. The summed E-state index contributed by atoms with van der Waals surface area (Å²) in [5.41, 5.74) is 1.22. The van der Waals surface area contributed by atoms with Crippen molar-refractivity contribution >= 4 is 11.9 Å². The molecule has 5 heteroatoms. The summed E-state index contributed by atoms with van der Waals surface area (Å²) in [5, 5.41) is 12.3. The number of methoxy groups -OCH3 is 1. The number of esters is 1. The highest BCUT2D eigenvalue weighted by molar-refractivity contribution is 5.95. The van der Waals surface area contributed by atoms with Crippen LogP contribution in [0.2, 0.25) is 0 Å². The molecule has 1 aliphatic rings. The van der Waals surface area contributed by atoms with Gasteiger partial charge in [0.1, 0.15) is 0 Å². The summed E-state index contributed by atoms with van der Waals surface area (Å²) < 4.78 is 4.64. The molecule has 0 aromatic heterocycles. The maximum Gasteiger partial charge on any atom is 0.337 e. The summed E-state index contributed by atoms with van der Waals surface area (Å²) in [7, 11) is 1.28. The highest BCUT2D eigenvalue weighted by atomic mass is 16.5. The number of nitrogens with one attached hydrogen (secondary N) is 1. The highest BCUT2D eigenvalue weighted by Gasteiger charge is 2.20. The van der Waals surface area contributed by atoms with E-state index in [1.807, 2.05) is 0 Å². The SMILES string of the molecule is COC(=O)c1cc(C(=O)O)cc([C@@H]2CCCN2)c1.